The number of nitrogens with two attached hydrogens (primary N) is 1. The molecule has 3 N–H and O–H groups in total. The fraction of sp³-hybridized carbons (Fsp3) is 0.452. The molecule has 0 amide bonds. The minimum absolute atomic E-state index is 0.134. The molecule has 266 valence electrons. The number of halogens is 10. The quantitative estimate of drug-likeness (QED) is 0.190. The highest BCUT2D eigenvalue weighted by Gasteiger charge is 2.46. The van der Waals surface area contributed by atoms with Crippen LogP contribution in [0.25, 0.3) is 11.1 Å². The van der Waals surface area contributed by atoms with E-state index in [2.05, 4.69) is 15.3 Å². The van der Waals surface area contributed by atoms with E-state index in [1.807, 2.05) is 0 Å². The van der Waals surface area contributed by atoms with Gasteiger partial charge in [-0.1, -0.05) is 17.7 Å². The summed E-state index contributed by atoms with van der Waals surface area (Å²) < 4.78 is 136. The van der Waals surface area contributed by atoms with Crippen LogP contribution in [-0.2, 0) is 21.9 Å². The molecule has 0 bridgehead atoms. The van der Waals surface area contributed by atoms with Gasteiger partial charge in [0.2, 0.25) is 17.9 Å². The van der Waals surface area contributed by atoms with Crippen LogP contribution >= 0.6 is 11.6 Å². The van der Waals surface area contributed by atoms with Crippen LogP contribution in [0.3, 0.4) is 0 Å². The standard InChI is InChI=1S/C31H29ClF9N5O3/c1-2-48-26(47)22-14-28(15-43-22)5-7-46(8-6-28)23-13-24(45-27(42)44-23)49-25(31(39,40)41)20-4-3-19(32)12-21(20)16-9-17(29(33,34)35)11-18(10-16)30(36,37)38/h3-4,9-13,22,25,43H,2,5-8,14-15H2,1H3,(H2,42,44,45)/t22-,25+/m0/s1. The van der Waals surface area contributed by atoms with E-state index in [1.54, 1.807) is 11.8 Å². The first-order valence-electron chi connectivity index (χ1n) is 14.9. The first-order valence-corrected chi connectivity index (χ1v) is 15.3. The van der Waals surface area contributed by atoms with Crippen molar-refractivity contribution in [1.29, 1.82) is 0 Å². The summed E-state index contributed by atoms with van der Waals surface area (Å²) in [5, 5.41) is 2.93. The van der Waals surface area contributed by atoms with Crippen LogP contribution < -0.4 is 20.7 Å². The number of benzene rings is 2. The largest absolute Gasteiger partial charge is 0.465 e. The molecule has 2 saturated heterocycles. The Labute approximate surface area is 278 Å². The zero-order valence-electron chi connectivity index (χ0n) is 25.6. The SMILES string of the molecule is CCOC(=O)[C@@H]1CC2(CCN(c3cc(O[C@H](c4ccc(Cl)cc4-c4cc(C(F)(F)F)cc(C(F)(F)F)c4)C(F)(F)F)nc(N)n3)CC2)CN1. The number of alkyl halides is 9. The molecular formula is C31H29ClF9N5O3. The Balaban J connectivity index is 1.45. The Morgan fingerprint density at radius 1 is 1.00 bits per heavy atom. The van der Waals surface area contributed by atoms with Gasteiger partial charge in [-0.05, 0) is 73.1 Å². The van der Waals surface area contributed by atoms with Crippen molar-refractivity contribution in [1.82, 2.24) is 15.3 Å². The van der Waals surface area contributed by atoms with Crippen molar-refractivity contribution in [2.45, 2.75) is 56.9 Å². The molecule has 49 heavy (non-hydrogen) atoms. The second-order valence-electron chi connectivity index (χ2n) is 11.9. The summed E-state index contributed by atoms with van der Waals surface area (Å²) in [6.45, 7) is 3.32. The number of carbonyl (C=O) groups is 1. The normalized spacial score (nSPS) is 18.8. The molecule has 5 rings (SSSR count). The van der Waals surface area contributed by atoms with Gasteiger partial charge in [-0.3, -0.25) is 4.79 Å². The molecule has 3 aromatic rings. The van der Waals surface area contributed by atoms with Crippen LogP contribution in [0.4, 0.5) is 51.3 Å². The lowest BCUT2D eigenvalue weighted by Crippen LogP contribution is -2.41. The van der Waals surface area contributed by atoms with Crippen molar-refractivity contribution in [3.8, 4) is 17.0 Å². The number of rotatable bonds is 7. The summed E-state index contributed by atoms with van der Waals surface area (Å²) in [6, 6.07) is 3.75. The van der Waals surface area contributed by atoms with Gasteiger partial charge < -0.3 is 25.4 Å². The molecule has 18 heteroatoms. The van der Waals surface area contributed by atoms with Crippen molar-refractivity contribution < 1.29 is 53.8 Å². The molecule has 0 saturated carbocycles. The van der Waals surface area contributed by atoms with E-state index in [-0.39, 0.29) is 34.9 Å². The fourth-order valence-corrected chi connectivity index (χ4v) is 6.29. The fourth-order valence-electron chi connectivity index (χ4n) is 6.12. The van der Waals surface area contributed by atoms with Crippen LogP contribution in [0.5, 0.6) is 5.88 Å². The number of piperidine rings is 1. The maximum Gasteiger partial charge on any atom is 0.429 e. The number of hydrogen-bond donors (Lipinski definition) is 2. The molecule has 1 spiro atoms. The van der Waals surface area contributed by atoms with E-state index >= 15 is 0 Å². The summed E-state index contributed by atoms with van der Waals surface area (Å²) >= 11 is 5.98. The molecule has 1 aromatic heterocycles. The van der Waals surface area contributed by atoms with E-state index in [4.69, 9.17) is 26.8 Å². The minimum atomic E-state index is -5.26. The third-order valence-electron chi connectivity index (χ3n) is 8.52. The minimum Gasteiger partial charge on any atom is -0.465 e. The molecular weight excluding hydrogens is 697 g/mol. The maximum atomic E-state index is 14.6. The van der Waals surface area contributed by atoms with Gasteiger partial charge in [0, 0.05) is 36.3 Å². The first-order chi connectivity index (χ1) is 22.8. The van der Waals surface area contributed by atoms with E-state index < -0.39 is 70.3 Å². The highest BCUT2D eigenvalue weighted by molar-refractivity contribution is 6.30. The molecule has 2 aliphatic heterocycles. The van der Waals surface area contributed by atoms with Crippen molar-refractivity contribution >= 4 is 29.3 Å². The number of carbonyl (C=O) groups excluding carboxylic acids is 1. The number of nitrogen functional groups attached to an aromatic ring is 1. The molecule has 0 unspecified atom stereocenters. The summed E-state index contributed by atoms with van der Waals surface area (Å²) in [7, 11) is 0. The maximum absolute atomic E-state index is 14.6. The van der Waals surface area contributed by atoms with E-state index in [0.717, 1.165) is 24.3 Å². The van der Waals surface area contributed by atoms with Gasteiger partial charge >= 0.3 is 24.5 Å². The van der Waals surface area contributed by atoms with Gasteiger partial charge in [-0.15, -0.1) is 0 Å². The first kappa shape index (κ1) is 36.3. The molecule has 2 fully saturated rings. The Morgan fingerprint density at radius 3 is 2.20 bits per heavy atom. The summed E-state index contributed by atoms with van der Waals surface area (Å²) in [5.74, 6) is -1.29. The Hall–Kier alpha value is -3.99. The highest BCUT2D eigenvalue weighted by atomic mass is 35.5. The topological polar surface area (TPSA) is 103 Å². The van der Waals surface area contributed by atoms with Gasteiger partial charge in [0.25, 0.3) is 0 Å². The second-order valence-corrected chi connectivity index (χ2v) is 12.3. The van der Waals surface area contributed by atoms with Crippen molar-refractivity contribution in [2.75, 3.05) is 36.9 Å². The lowest BCUT2D eigenvalue weighted by atomic mass is 9.76. The average molecular weight is 726 g/mol. The van der Waals surface area contributed by atoms with Gasteiger partial charge in [0.15, 0.2) is 0 Å². The number of ether oxygens (including phenoxy) is 2. The summed E-state index contributed by atoms with van der Waals surface area (Å²) in [4.78, 5) is 21.9. The van der Waals surface area contributed by atoms with Crippen molar-refractivity contribution in [3.63, 3.8) is 0 Å². The zero-order valence-corrected chi connectivity index (χ0v) is 26.3. The number of nitrogens with one attached hydrogen (secondary N) is 1. The van der Waals surface area contributed by atoms with E-state index in [1.165, 1.54) is 0 Å². The van der Waals surface area contributed by atoms with Crippen molar-refractivity contribution in [2.24, 2.45) is 5.41 Å². The predicted molar refractivity (Wildman–Crippen MR) is 160 cm³/mol. The molecule has 0 aliphatic carbocycles. The number of nitrogens with zero attached hydrogens (tertiary/aromatic N) is 3. The van der Waals surface area contributed by atoms with E-state index in [9.17, 15) is 44.3 Å². The van der Waals surface area contributed by atoms with Crippen LogP contribution in [0, 0.1) is 5.41 Å². The third-order valence-corrected chi connectivity index (χ3v) is 8.75. The van der Waals surface area contributed by atoms with E-state index in [0.29, 0.717) is 51.0 Å². The van der Waals surface area contributed by atoms with Gasteiger partial charge in [0.05, 0.1) is 17.7 Å². The van der Waals surface area contributed by atoms with Crippen LogP contribution in [0.1, 0.15) is 49.0 Å². The lowest BCUT2D eigenvalue weighted by molar-refractivity contribution is -0.198. The Morgan fingerprint density at radius 2 is 1.63 bits per heavy atom. The van der Waals surface area contributed by atoms with Crippen LogP contribution in [0.15, 0.2) is 42.5 Å². The molecule has 0 radical (unpaired) electrons. The highest BCUT2D eigenvalue weighted by Crippen LogP contribution is 2.45. The molecule has 2 aliphatic rings. The Kier molecular flexibility index (Phi) is 9.91. The van der Waals surface area contributed by atoms with Crippen molar-refractivity contribution in [3.05, 3.63) is 64.2 Å². The van der Waals surface area contributed by atoms with Gasteiger partial charge in [0.1, 0.15) is 11.9 Å². The zero-order chi connectivity index (χ0) is 35.9. The third kappa shape index (κ3) is 8.25. The summed E-state index contributed by atoms with van der Waals surface area (Å²) in [6.07, 6.45) is -16.9. The smallest absolute Gasteiger partial charge is 0.429 e. The van der Waals surface area contributed by atoms with Crippen LogP contribution in [-0.4, -0.2) is 54.4 Å². The summed E-state index contributed by atoms with van der Waals surface area (Å²) in [5.41, 5.74) is -0.162. The molecule has 3 heterocycles. The molecule has 2 atom stereocenters. The van der Waals surface area contributed by atoms with Gasteiger partial charge in [-0.25, -0.2) is 0 Å². The Bertz CT molecular complexity index is 1660. The number of esters is 1. The van der Waals surface area contributed by atoms with Gasteiger partial charge in [-0.2, -0.15) is 49.5 Å². The second kappa shape index (κ2) is 13.4. The monoisotopic (exact) mass is 725 g/mol. The number of aromatic nitrogens is 2. The average Bonchev–Trinajstić information content (AvgIpc) is 3.42. The lowest BCUT2D eigenvalue weighted by Gasteiger charge is -2.39. The molecule has 2 aromatic carbocycles. The molecule has 8 nitrogen and oxygen atoms in total. The predicted octanol–water partition coefficient (Wildman–Crippen LogP) is 7.61. The number of hydrogen-bond acceptors (Lipinski definition) is 8. The van der Waals surface area contributed by atoms with Crippen LogP contribution in [0.2, 0.25) is 5.02 Å². The number of anilines is 2.